The molecule has 2 fully saturated rings. The van der Waals surface area contributed by atoms with Gasteiger partial charge in [0.2, 0.25) is 11.8 Å². The van der Waals surface area contributed by atoms with E-state index in [1.807, 2.05) is 22.9 Å². The first kappa shape index (κ1) is 15.7. The van der Waals surface area contributed by atoms with Gasteiger partial charge in [0, 0.05) is 32.6 Å². The van der Waals surface area contributed by atoms with Crippen molar-refractivity contribution in [3.8, 4) is 0 Å². The van der Waals surface area contributed by atoms with Gasteiger partial charge in [-0.2, -0.15) is 0 Å². The standard InChI is InChI=1S/C20H26N2O2/c1-14-11-17(14)18(23)22-9-7-20(8-10-22)12-15-5-3-4-6-16(15)13-21(2)19(20)24/h3-6,14,17H,7-13H2,1-2H3. The molecule has 4 rings (SSSR count). The molecule has 1 spiro atoms. The fourth-order valence-corrected chi connectivity index (χ4v) is 4.50. The molecule has 0 aromatic heterocycles. The lowest BCUT2D eigenvalue weighted by atomic mass is 9.73. The molecule has 1 aromatic carbocycles. The van der Waals surface area contributed by atoms with Gasteiger partial charge in [-0.1, -0.05) is 31.2 Å². The first-order valence-electron chi connectivity index (χ1n) is 9.11. The summed E-state index contributed by atoms with van der Waals surface area (Å²) < 4.78 is 0. The third kappa shape index (κ3) is 2.52. The lowest BCUT2D eigenvalue weighted by Gasteiger charge is -2.41. The Bertz CT molecular complexity index is 676. The highest BCUT2D eigenvalue weighted by atomic mass is 16.2. The van der Waals surface area contributed by atoms with Crippen LogP contribution in [0.1, 0.15) is 37.3 Å². The fraction of sp³-hybridized carbons (Fsp3) is 0.600. The van der Waals surface area contributed by atoms with Crippen LogP contribution < -0.4 is 0 Å². The van der Waals surface area contributed by atoms with E-state index in [-0.39, 0.29) is 17.2 Å². The van der Waals surface area contributed by atoms with Crippen LogP contribution >= 0.6 is 0 Å². The van der Waals surface area contributed by atoms with E-state index in [0.717, 1.165) is 38.8 Å². The third-order valence-electron chi connectivity index (χ3n) is 6.31. The van der Waals surface area contributed by atoms with Crippen molar-refractivity contribution < 1.29 is 9.59 Å². The van der Waals surface area contributed by atoms with Gasteiger partial charge in [0.25, 0.3) is 0 Å². The van der Waals surface area contributed by atoms with Crippen molar-refractivity contribution in [1.82, 2.24) is 9.80 Å². The molecule has 4 nitrogen and oxygen atoms in total. The van der Waals surface area contributed by atoms with Crippen LogP contribution in [0.2, 0.25) is 0 Å². The zero-order valence-electron chi connectivity index (χ0n) is 14.6. The predicted molar refractivity (Wildman–Crippen MR) is 92.1 cm³/mol. The van der Waals surface area contributed by atoms with Crippen molar-refractivity contribution in [3.63, 3.8) is 0 Å². The number of carbonyl (C=O) groups is 2. The molecule has 2 amide bonds. The van der Waals surface area contributed by atoms with Crippen molar-refractivity contribution >= 4 is 11.8 Å². The molecular formula is C20H26N2O2. The van der Waals surface area contributed by atoms with Crippen molar-refractivity contribution in [2.24, 2.45) is 17.3 Å². The Morgan fingerprint density at radius 1 is 1.17 bits per heavy atom. The minimum Gasteiger partial charge on any atom is -0.342 e. The van der Waals surface area contributed by atoms with Crippen molar-refractivity contribution in [3.05, 3.63) is 35.4 Å². The van der Waals surface area contributed by atoms with Gasteiger partial charge in [-0.25, -0.2) is 0 Å². The van der Waals surface area contributed by atoms with E-state index in [4.69, 9.17) is 0 Å². The summed E-state index contributed by atoms with van der Waals surface area (Å²) in [5.41, 5.74) is 2.23. The first-order valence-corrected chi connectivity index (χ1v) is 9.11. The number of hydrogen-bond donors (Lipinski definition) is 0. The molecule has 2 atom stereocenters. The summed E-state index contributed by atoms with van der Waals surface area (Å²) in [7, 11) is 1.91. The number of benzene rings is 1. The summed E-state index contributed by atoms with van der Waals surface area (Å²) in [5.74, 6) is 1.36. The van der Waals surface area contributed by atoms with Crippen LogP contribution in [0.4, 0.5) is 0 Å². The lowest BCUT2D eigenvalue weighted by molar-refractivity contribution is -0.147. The quantitative estimate of drug-likeness (QED) is 0.795. The van der Waals surface area contributed by atoms with Crippen molar-refractivity contribution in [2.75, 3.05) is 20.1 Å². The summed E-state index contributed by atoms with van der Waals surface area (Å²) in [6, 6.07) is 8.40. The van der Waals surface area contributed by atoms with Gasteiger partial charge in [0.15, 0.2) is 0 Å². The summed E-state index contributed by atoms with van der Waals surface area (Å²) in [6.07, 6.45) is 3.43. The van der Waals surface area contributed by atoms with Crippen LogP contribution in [-0.4, -0.2) is 41.8 Å². The number of amides is 2. The van der Waals surface area contributed by atoms with Gasteiger partial charge in [-0.05, 0) is 42.7 Å². The Kier molecular flexibility index (Phi) is 3.66. The second-order valence-electron chi connectivity index (χ2n) is 8.03. The van der Waals surface area contributed by atoms with E-state index in [1.165, 1.54) is 11.1 Å². The van der Waals surface area contributed by atoms with Crippen LogP contribution in [0.25, 0.3) is 0 Å². The highest BCUT2D eigenvalue weighted by Gasteiger charge is 2.48. The Morgan fingerprint density at radius 2 is 1.79 bits per heavy atom. The number of rotatable bonds is 1. The normalized spacial score (nSPS) is 28.5. The Labute approximate surface area is 143 Å². The molecule has 2 aliphatic heterocycles. The molecule has 0 radical (unpaired) electrons. The highest BCUT2D eigenvalue weighted by molar-refractivity contribution is 5.85. The lowest BCUT2D eigenvalue weighted by Crippen LogP contribution is -2.50. The number of hydrogen-bond acceptors (Lipinski definition) is 2. The van der Waals surface area contributed by atoms with E-state index in [2.05, 4.69) is 25.1 Å². The zero-order chi connectivity index (χ0) is 16.9. The summed E-state index contributed by atoms with van der Waals surface area (Å²) in [6.45, 7) is 4.29. The maximum atomic E-state index is 13.1. The smallest absolute Gasteiger partial charge is 0.229 e. The topological polar surface area (TPSA) is 40.6 Å². The van der Waals surface area contributed by atoms with Gasteiger partial charge in [-0.3, -0.25) is 9.59 Å². The van der Waals surface area contributed by atoms with Crippen LogP contribution in [0.15, 0.2) is 24.3 Å². The van der Waals surface area contributed by atoms with Crippen LogP contribution in [0.3, 0.4) is 0 Å². The molecule has 1 saturated heterocycles. The van der Waals surface area contributed by atoms with Gasteiger partial charge >= 0.3 is 0 Å². The minimum atomic E-state index is -0.326. The number of likely N-dealkylation sites (tertiary alicyclic amines) is 1. The molecule has 4 heteroatoms. The van der Waals surface area contributed by atoms with E-state index in [9.17, 15) is 9.59 Å². The van der Waals surface area contributed by atoms with Gasteiger partial charge in [0.1, 0.15) is 0 Å². The van der Waals surface area contributed by atoms with E-state index in [0.29, 0.717) is 18.4 Å². The third-order valence-corrected chi connectivity index (χ3v) is 6.31. The average molecular weight is 326 g/mol. The van der Waals surface area contributed by atoms with Crippen LogP contribution in [0, 0.1) is 17.3 Å². The zero-order valence-corrected chi connectivity index (χ0v) is 14.6. The number of carbonyl (C=O) groups excluding carboxylic acids is 2. The molecular weight excluding hydrogens is 300 g/mol. The monoisotopic (exact) mass is 326 g/mol. The number of fused-ring (bicyclic) bond motifs is 1. The molecule has 1 saturated carbocycles. The fourth-order valence-electron chi connectivity index (χ4n) is 4.50. The molecule has 24 heavy (non-hydrogen) atoms. The number of piperidine rings is 1. The van der Waals surface area contributed by atoms with Gasteiger partial charge < -0.3 is 9.80 Å². The first-order chi connectivity index (χ1) is 11.5. The Morgan fingerprint density at radius 3 is 2.42 bits per heavy atom. The summed E-state index contributed by atoms with van der Waals surface area (Å²) in [4.78, 5) is 29.5. The van der Waals surface area contributed by atoms with Gasteiger partial charge in [-0.15, -0.1) is 0 Å². The molecule has 2 unspecified atom stereocenters. The maximum Gasteiger partial charge on any atom is 0.229 e. The van der Waals surface area contributed by atoms with Crippen LogP contribution in [-0.2, 0) is 22.6 Å². The second-order valence-corrected chi connectivity index (χ2v) is 8.03. The number of nitrogens with zero attached hydrogens (tertiary/aromatic N) is 2. The van der Waals surface area contributed by atoms with Gasteiger partial charge in [0.05, 0.1) is 5.41 Å². The molecule has 128 valence electrons. The van der Waals surface area contributed by atoms with Crippen LogP contribution in [0.5, 0.6) is 0 Å². The largest absolute Gasteiger partial charge is 0.342 e. The molecule has 0 bridgehead atoms. The average Bonchev–Trinajstić information content (AvgIpc) is 3.33. The highest BCUT2D eigenvalue weighted by Crippen LogP contribution is 2.43. The van der Waals surface area contributed by atoms with E-state index >= 15 is 0 Å². The molecule has 2 heterocycles. The maximum absolute atomic E-state index is 13.1. The van der Waals surface area contributed by atoms with E-state index < -0.39 is 0 Å². The van der Waals surface area contributed by atoms with Crippen molar-refractivity contribution in [2.45, 2.75) is 39.2 Å². The van der Waals surface area contributed by atoms with E-state index in [1.54, 1.807) is 0 Å². The molecule has 0 N–H and O–H groups in total. The Hall–Kier alpha value is -1.84. The summed E-state index contributed by atoms with van der Waals surface area (Å²) in [5, 5.41) is 0. The predicted octanol–water partition coefficient (Wildman–Crippen LogP) is 2.47. The van der Waals surface area contributed by atoms with Crippen molar-refractivity contribution in [1.29, 1.82) is 0 Å². The Balaban J connectivity index is 1.54. The molecule has 3 aliphatic rings. The minimum absolute atomic E-state index is 0.243. The second kappa shape index (κ2) is 5.61. The molecule has 1 aromatic rings. The SMILES string of the molecule is CC1CC1C(=O)N1CCC2(CC1)Cc1ccccc1CN(C)C2=O. The summed E-state index contributed by atoms with van der Waals surface area (Å²) >= 11 is 0. The molecule has 1 aliphatic carbocycles.